The number of nitrogens with zero attached hydrogens (tertiary/aromatic N) is 2. The average molecular weight is 253 g/mol. The van der Waals surface area contributed by atoms with Crippen LogP contribution in [0.15, 0.2) is 18.3 Å². The molecule has 0 radical (unpaired) electrons. The lowest BCUT2D eigenvalue weighted by atomic mass is 9.89. The number of hydrogen-bond donors (Lipinski definition) is 0. The number of alkyl halides is 1. The van der Waals surface area contributed by atoms with Gasteiger partial charge in [0.2, 0.25) is 0 Å². The quantitative estimate of drug-likeness (QED) is 0.757. The molecule has 0 atom stereocenters. The summed E-state index contributed by atoms with van der Waals surface area (Å²) in [5, 5.41) is 0. The number of halogens is 1. The molecule has 0 aliphatic heterocycles. The van der Waals surface area contributed by atoms with Crippen LogP contribution in [0, 0.1) is 5.92 Å². The van der Waals surface area contributed by atoms with Gasteiger partial charge in [-0.05, 0) is 24.8 Å². The monoisotopic (exact) mass is 252 g/mol. The molecule has 1 aliphatic carbocycles. The summed E-state index contributed by atoms with van der Waals surface area (Å²) in [5.74, 6) is 2.42. The Morgan fingerprint density at radius 2 is 2.12 bits per heavy atom. The molecule has 1 saturated carbocycles. The van der Waals surface area contributed by atoms with E-state index in [1.165, 1.54) is 32.1 Å². The van der Waals surface area contributed by atoms with Crippen LogP contribution in [0.1, 0.15) is 37.7 Å². The van der Waals surface area contributed by atoms with Crippen LogP contribution in [-0.4, -0.2) is 18.6 Å². The Labute approximate surface area is 109 Å². The lowest BCUT2D eigenvalue weighted by Crippen LogP contribution is -2.28. The van der Waals surface area contributed by atoms with Crippen molar-refractivity contribution in [1.29, 1.82) is 0 Å². The van der Waals surface area contributed by atoms with Gasteiger partial charge in [0.1, 0.15) is 5.82 Å². The van der Waals surface area contributed by atoms with E-state index < -0.39 is 0 Å². The highest BCUT2D eigenvalue weighted by molar-refractivity contribution is 6.17. The lowest BCUT2D eigenvalue weighted by Gasteiger charge is -2.28. The predicted molar refractivity (Wildman–Crippen MR) is 73.6 cm³/mol. The number of aromatic nitrogens is 1. The second-order valence-corrected chi connectivity index (χ2v) is 5.27. The summed E-state index contributed by atoms with van der Waals surface area (Å²) >= 11 is 5.95. The zero-order chi connectivity index (χ0) is 12.1. The van der Waals surface area contributed by atoms with Crippen LogP contribution in [0.3, 0.4) is 0 Å². The van der Waals surface area contributed by atoms with Crippen LogP contribution >= 0.6 is 11.6 Å². The summed E-state index contributed by atoms with van der Waals surface area (Å²) in [5.41, 5.74) is 1.13. The molecule has 0 unspecified atom stereocenters. The maximum Gasteiger partial charge on any atom is 0.132 e. The van der Waals surface area contributed by atoms with E-state index in [0.717, 1.165) is 23.8 Å². The third-order valence-corrected chi connectivity index (χ3v) is 3.92. The Hall–Kier alpha value is -0.760. The summed E-state index contributed by atoms with van der Waals surface area (Å²) in [6, 6.07) is 4.02. The molecule has 0 amide bonds. The van der Waals surface area contributed by atoms with E-state index >= 15 is 0 Å². The normalized spacial score (nSPS) is 17.1. The van der Waals surface area contributed by atoms with E-state index in [0.29, 0.717) is 5.88 Å². The number of anilines is 1. The maximum atomic E-state index is 5.95. The predicted octanol–water partition coefficient (Wildman–Crippen LogP) is 3.84. The Morgan fingerprint density at radius 3 is 2.82 bits per heavy atom. The van der Waals surface area contributed by atoms with Crippen LogP contribution in [0.4, 0.5) is 5.82 Å². The molecule has 0 saturated heterocycles. The summed E-state index contributed by atoms with van der Waals surface area (Å²) in [6.45, 7) is 1.11. The van der Waals surface area contributed by atoms with Gasteiger partial charge in [0.15, 0.2) is 0 Å². The largest absolute Gasteiger partial charge is 0.359 e. The first-order valence-corrected chi connectivity index (χ1v) is 7.05. The second kappa shape index (κ2) is 6.25. The van der Waals surface area contributed by atoms with Gasteiger partial charge in [-0.1, -0.05) is 25.3 Å². The summed E-state index contributed by atoms with van der Waals surface area (Å²) in [6.07, 6.45) is 8.78. The van der Waals surface area contributed by atoms with Crippen LogP contribution in [0.25, 0.3) is 0 Å². The van der Waals surface area contributed by atoms with Crippen molar-refractivity contribution < 1.29 is 0 Å². The molecule has 2 nitrogen and oxygen atoms in total. The fourth-order valence-corrected chi connectivity index (χ4v) is 2.93. The fourth-order valence-electron chi connectivity index (χ4n) is 2.72. The Kier molecular flexibility index (Phi) is 4.66. The summed E-state index contributed by atoms with van der Waals surface area (Å²) < 4.78 is 0. The minimum Gasteiger partial charge on any atom is -0.359 e. The van der Waals surface area contributed by atoms with Gasteiger partial charge in [0.05, 0.1) is 5.88 Å². The first-order valence-electron chi connectivity index (χ1n) is 6.52. The fraction of sp³-hybridized carbons (Fsp3) is 0.643. The number of rotatable bonds is 4. The van der Waals surface area contributed by atoms with E-state index in [4.69, 9.17) is 11.6 Å². The van der Waals surface area contributed by atoms with Gasteiger partial charge < -0.3 is 4.90 Å². The van der Waals surface area contributed by atoms with Gasteiger partial charge in [-0.15, -0.1) is 11.6 Å². The molecule has 0 aromatic carbocycles. The van der Waals surface area contributed by atoms with Crippen molar-refractivity contribution >= 4 is 17.4 Å². The van der Waals surface area contributed by atoms with Crippen LogP contribution in [0.2, 0.25) is 0 Å². The third-order valence-electron chi connectivity index (χ3n) is 3.63. The molecule has 94 valence electrons. The smallest absolute Gasteiger partial charge is 0.132 e. The molecular formula is C14H21ClN2. The van der Waals surface area contributed by atoms with Crippen molar-refractivity contribution in [3.8, 4) is 0 Å². The molecule has 1 fully saturated rings. The van der Waals surface area contributed by atoms with Crippen LogP contribution in [-0.2, 0) is 5.88 Å². The van der Waals surface area contributed by atoms with E-state index in [9.17, 15) is 0 Å². The minimum atomic E-state index is 0.540. The zero-order valence-electron chi connectivity index (χ0n) is 10.5. The molecule has 1 heterocycles. The molecule has 3 heteroatoms. The molecule has 1 aromatic rings. The molecule has 1 aromatic heterocycles. The van der Waals surface area contributed by atoms with E-state index in [1.807, 2.05) is 12.3 Å². The van der Waals surface area contributed by atoms with Gasteiger partial charge >= 0.3 is 0 Å². The van der Waals surface area contributed by atoms with Gasteiger partial charge in [-0.3, -0.25) is 0 Å². The van der Waals surface area contributed by atoms with Crippen molar-refractivity contribution in [3.05, 3.63) is 23.9 Å². The van der Waals surface area contributed by atoms with E-state index in [2.05, 4.69) is 23.0 Å². The molecule has 0 N–H and O–H groups in total. The Morgan fingerprint density at radius 1 is 1.35 bits per heavy atom. The molecular weight excluding hydrogens is 232 g/mol. The highest BCUT2D eigenvalue weighted by Crippen LogP contribution is 2.26. The van der Waals surface area contributed by atoms with Gasteiger partial charge in [0.25, 0.3) is 0 Å². The Balaban J connectivity index is 2.00. The maximum absolute atomic E-state index is 5.95. The molecule has 2 rings (SSSR count). The minimum absolute atomic E-state index is 0.540. The van der Waals surface area contributed by atoms with E-state index in [1.54, 1.807) is 0 Å². The summed E-state index contributed by atoms with van der Waals surface area (Å²) in [4.78, 5) is 6.73. The van der Waals surface area contributed by atoms with Crippen molar-refractivity contribution in [2.75, 3.05) is 18.5 Å². The van der Waals surface area contributed by atoms with Crippen molar-refractivity contribution in [2.24, 2.45) is 5.92 Å². The molecule has 17 heavy (non-hydrogen) atoms. The average Bonchev–Trinajstić information content (AvgIpc) is 2.40. The summed E-state index contributed by atoms with van der Waals surface area (Å²) in [7, 11) is 2.13. The molecule has 0 bridgehead atoms. The van der Waals surface area contributed by atoms with Gasteiger partial charge in [-0.2, -0.15) is 0 Å². The van der Waals surface area contributed by atoms with E-state index in [-0.39, 0.29) is 0 Å². The number of hydrogen-bond acceptors (Lipinski definition) is 2. The number of pyridine rings is 1. The lowest BCUT2D eigenvalue weighted by molar-refractivity contribution is 0.361. The standard InChI is InChI=1S/C14H21ClN2/c1-17(11-12-6-3-2-4-7-12)14-13(10-15)8-5-9-16-14/h5,8-9,12H,2-4,6-7,10-11H2,1H3. The van der Waals surface area contributed by atoms with Crippen molar-refractivity contribution in [2.45, 2.75) is 38.0 Å². The van der Waals surface area contributed by atoms with Crippen LogP contribution in [0.5, 0.6) is 0 Å². The highest BCUT2D eigenvalue weighted by Gasteiger charge is 2.17. The van der Waals surface area contributed by atoms with Gasteiger partial charge in [0, 0.05) is 25.4 Å². The SMILES string of the molecule is CN(CC1CCCCC1)c1ncccc1CCl. The van der Waals surface area contributed by atoms with Crippen LogP contribution < -0.4 is 4.90 Å². The van der Waals surface area contributed by atoms with Gasteiger partial charge in [-0.25, -0.2) is 4.98 Å². The van der Waals surface area contributed by atoms with Crippen molar-refractivity contribution in [1.82, 2.24) is 4.98 Å². The third kappa shape index (κ3) is 3.35. The Bertz CT molecular complexity index is 348. The highest BCUT2D eigenvalue weighted by atomic mass is 35.5. The van der Waals surface area contributed by atoms with Crippen molar-refractivity contribution in [3.63, 3.8) is 0 Å². The topological polar surface area (TPSA) is 16.1 Å². The first-order chi connectivity index (χ1) is 8.31. The first kappa shape index (κ1) is 12.7. The molecule has 1 aliphatic rings. The second-order valence-electron chi connectivity index (χ2n) is 5.00. The zero-order valence-corrected chi connectivity index (χ0v) is 11.3. The molecule has 0 spiro atoms.